The molecule has 1 aliphatic carbocycles. The molecule has 0 bridgehead atoms. The van der Waals surface area contributed by atoms with Gasteiger partial charge in [-0.3, -0.25) is 4.79 Å². The smallest absolute Gasteiger partial charge is 0.338 e. The number of hydrogen-bond acceptors (Lipinski definition) is 3. The zero-order valence-electron chi connectivity index (χ0n) is 15.8. The summed E-state index contributed by atoms with van der Waals surface area (Å²) >= 11 is 0. The minimum Gasteiger partial charge on any atom is -0.454 e. The summed E-state index contributed by atoms with van der Waals surface area (Å²) in [5.41, 5.74) is 4.87. The highest BCUT2D eigenvalue weighted by Gasteiger charge is 2.17. The molecular formula is C23H26O3. The number of esters is 1. The van der Waals surface area contributed by atoms with E-state index in [4.69, 9.17) is 4.74 Å². The SMILES string of the molecule is CC(C)(C)c1ccc(C(=O)OCC(=O)c2ccc3c(c2)CCCC3)cc1. The van der Waals surface area contributed by atoms with Gasteiger partial charge in [0.05, 0.1) is 5.56 Å². The number of ether oxygens (including phenoxy) is 1. The average molecular weight is 350 g/mol. The van der Waals surface area contributed by atoms with Crippen molar-refractivity contribution in [3.05, 3.63) is 70.3 Å². The fourth-order valence-corrected chi connectivity index (χ4v) is 3.31. The molecule has 0 unspecified atom stereocenters. The van der Waals surface area contributed by atoms with Crippen LogP contribution >= 0.6 is 0 Å². The summed E-state index contributed by atoms with van der Waals surface area (Å²) in [6, 6.07) is 13.2. The van der Waals surface area contributed by atoms with Gasteiger partial charge in [-0.1, -0.05) is 45.0 Å². The molecule has 136 valence electrons. The summed E-state index contributed by atoms with van der Waals surface area (Å²) < 4.78 is 5.23. The van der Waals surface area contributed by atoms with E-state index in [-0.39, 0.29) is 17.8 Å². The van der Waals surface area contributed by atoms with E-state index in [0.717, 1.165) is 18.4 Å². The van der Waals surface area contributed by atoms with Crippen LogP contribution in [0.15, 0.2) is 42.5 Å². The zero-order chi connectivity index (χ0) is 18.7. The molecule has 3 rings (SSSR count). The van der Waals surface area contributed by atoms with Gasteiger partial charge in [-0.2, -0.15) is 0 Å². The minimum atomic E-state index is -0.461. The molecule has 26 heavy (non-hydrogen) atoms. The van der Waals surface area contributed by atoms with Crippen LogP contribution < -0.4 is 0 Å². The second kappa shape index (κ2) is 7.45. The topological polar surface area (TPSA) is 43.4 Å². The number of rotatable bonds is 4. The van der Waals surface area contributed by atoms with Crippen LogP contribution in [0.2, 0.25) is 0 Å². The zero-order valence-corrected chi connectivity index (χ0v) is 15.8. The highest BCUT2D eigenvalue weighted by atomic mass is 16.5. The lowest BCUT2D eigenvalue weighted by atomic mass is 9.87. The molecule has 2 aromatic rings. The number of aryl methyl sites for hydroxylation is 2. The first-order chi connectivity index (χ1) is 12.3. The third-order valence-electron chi connectivity index (χ3n) is 4.99. The van der Waals surface area contributed by atoms with Crippen LogP contribution in [0.4, 0.5) is 0 Å². The number of carbonyl (C=O) groups excluding carboxylic acids is 2. The maximum absolute atomic E-state index is 12.4. The number of hydrogen-bond donors (Lipinski definition) is 0. The fraction of sp³-hybridized carbons (Fsp3) is 0.391. The van der Waals surface area contributed by atoms with Crippen LogP contribution in [-0.4, -0.2) is 18.4 Å². The lowest BCUT2D eigenvalue weighted by Crippen LogP contribution is -2.16. The van der Waals surface area contributed by atoms with Crippen LogP contribution in [0.1, 0.15) is 71.0 Å². The number of carbonyl (C=O) groups is 2. The van der Waals surface area contributed by atoms with Crippen LogP contribution in [0.3, 0.4) is 0 Å². The predicted molar refractivity (Wildman–Crippen MR) is 103 cm³/mol. The minimum absolute atomic E-state index is 0.0326. The van der Waals surface area contributed by atoms with Gasteiger partial charge >= 0.3 is 5.97 Å². The molecule has 0 N–H and O–H groups in total. The molecule has 0 aromatic heterocycles. The first kappa shape index (κ1) is 18.4. The predicted octanol–water partition coefficient (Wildman–Crippen LogP) is 4.90. The molecule has 0 spiro atoms. The highest BCUT2D eigenvalue weighted by molar-refractivity contribution is 5.99. The highest BCUT2D eigenvalue weighted by Crippen LogP contribution is 2.23. The first-order valence-corrected chi connectivity index (χ1v) is 9.27. The molecule has 0 atom stereocenters. The molecule has 0 saturated carbocycles. The van der Waals surface area contributed by atoms with Crippen LogP contribution in [0, 0.1) is 0 Å². The van der Waals surface area contributed by atoms with Gasteiger partial charge in [0.2, 0.25) is 0 Å². The summed E-state index contributed by atoms with van der Waals surface area (Å²) in [4.78, 5) is 24.6. The Hall–Kier alpha value is -2.42. The Kier molecular flexibility index (Phi) is 5.26. The van der Waals surface area contributed by atoms with Gasteiger partial charge in [0.1, 0.15) is 0 Å². The van der Waals surface area contributed by atoms with E-state index < -0.39 is 5.97 Å². The van der Waals surface area contributed by atoms with Crippen molar-refractivity contribution in [3.8, 4) is 0 Å². The summed E-state index contributed by atoms with van der Waals surface area (Å²) in [7, 11) is 0. The lowest BCUT2D eigenvalue weighted by Gasteiger charge is -2.19. The Balaban J connectivity index is 1.61. The summed E-state index contributed by atoms with van der Waals surface area (Å²) in [5.74, 6) is -0.616. The van der Waals surface area contributed by atoms with Crippen LogP contribution in [0.5, 0.6) is 0 Å². The van der Waals surface area contributed by atoms with Gasteiger partial charge in [0, 0.05) is 5.56 Å². The monoisotopic (exact) mass is 350 g/mol. The molecule has 3 heteroatoms. The van der Waals surface area contributed by atoms with Crippen LogP contribution in [-0.2, 0) is 23.0 Å². The molecular weight excluding hydrogens is 324 g/mol. The van der Waals surface area contributed by atoms with Gasteiger partial charge in [-0.15, -0.1) is 0 Å². The Morgan fingerprint density at radius 3 is 2.15 bits per heavy atom. The first-order valence-electron chi connectivity index (χ1n) is 9.27. The summed E-state index contributed by atoms with van der Waals surface area (Å²) in [5, 5.41) is 0. The van der Waals surface area contributed by atoms with E-state index in [1.54, 1.807) is 12.1 Å². The van der Waals surface area contributed by atoms with Crippen molar-refractivity contribution >= 4 is 11.8 Å². The molecule has 0 amide bonds. The quantitative estimate of drug-likeness (QED) is 0.582. The summed E-state index contributed by atoms with van der Waals surface area (Å²) in [6.45, 7) is 6.14. The van der Waals surface area contributed by atoms with Crippen molar-refractivity contribution < 1.29 is 14.3 Å². The van der Waals surface area contributed by atoms with E-state index in [1.807, 2.05) is 30.3 Å². The normalized spacial score (nSPS) is 13.8. The number of benzene rings is 2. The van der Waals surface area contributed by atoms with Gasteiger partial charge in [-0.05, 0) is 66.0 Å². The van der Waals surface area contributed by atoms with E-state index in [0.29, 0.717) is 11.1 Å². The number of ketones is 1. The van der Waals surface area contributed by atoms with Gasteiger partial charge < -0.3 is 4.74 Å². The molecule has 3 nitrogen and oxygen atoms in total. The number of Topliss-reactive ketones (excluding diaryl/α,β-unsaturated/α-hetero) is 1. The molecule has 0 saturated heterocycles. The van der Waals surface area contributed by atoms with Gasteiger partial charge in [0.25, 0.3) is 0 Å². The third-order valence-corrected chi connectivity index (χ3v) is 4.99. The second-order valence-electron chi connectivity index (χ2n) is 8.02. The Labute approximate surface area is 155 Å². The molecule has 0 heterocycles. The van der Waals surface area contributed by atoms with Crippen molar-refractivity contribution in [2.45, 2.75) is 51.9 Å². The van der Waals surface area contributed by atoms with E-state index in [9.17, 15) is 9.59 Å². The van der Waals surface area contributed by atoms with E-state index in [1.165, 1.54) is 24.0 Å². The van der Waals surface area contributed by atoms with E-state index in [2.05, 4.69) is 20.8 Å². The average Bonchev–Trinajstić information content (AvgIpc) is 2.64. The fourth-order valence-electron chi connectivity index (χ4n) is 3.31. The standard InChI is InChI=1S/C23H26O3/c1-23(2,3)20-12-10-17(11-13-20)22(25)26-15-21(24)19-9-8-16-6-4-5-7-18(16)14-19/h8-14H,4-7,15H2,1-3H3. The Bertz CT molecular complexity index is 810. The molecule has 2 aromatic carbocycles. The Morgan fingerprint density at radius 2 is 1.50 bits per heavy atom. The third kappa shape index (κ3) is 4.21. The molecule has 0 aliphatic heterocycles. The van der Waals surface area contributed by atoms with Crippen molar-refractivity contribution in [1.29, 1.82) is 0 Å². The lowest BCUT2D eigenvalue weighted by molar-refractivity contribution is 0.0474. The van der Waals surface area contributed by atoms with Crippen molar-refractivity contribution in [3.63, 3.8) is 0 Å². The maximum Gasteiger partial charge on any atom is 0.338 e. The van der Waals surface area contributed by atoms with Gasteiger partial charge in [-0.25, -0.2) is 4.79 Å². The van der Waals surface area contributed by atoms with Gasteiger partial charge in [0.15, 0.2) is 12.4 Å². The largest absolute Gasteiger partial charge is 0.454 e. The Morgan fingerprint density at radius 1 is 0.885 bits per heavy atom. The van der Waals surface area contributed by atoms with Crippen molar-refractivity contribution in [2.24, 2.45) is 0 Å². The van der Waals surface area contributed by atoms with E-state index >= 15 is 0 Å². The molecule has 0 radical (unpaired) electrons. The summed E-state index contributed by atoms with van der Waals surface area (Å²) in [6.07, 6.45) is 4.50. The maximum atomic E-state index is 12.4. The van der Waals surface area contributed by atoms with Crippen LogP contribution in [0.25, 0.3) is 0 Å². The molecule has 0 fully saturated rings. The number of fused-ring (bicyclic) bond motifs is 1. The second-order valence-corrected chi connectivity index (χ2v) is 8.02. The molecule has 1 aliphatic rings. The van der Waals surface area contributed by atoms with Crippen molar-refractivity contribution in [2.75, 3.05) is 6.61 Å². The van der Waals surface area contributed by atoms with Crippen molar-refractivity contribution in [1.82, 2.24) is 0 Å².